The van der Waals surface area contributed by atoms with E-state index in [1.807, 2.05) is 0 Å². The highest BCUT2D eigenvalue weighted by Crippen LogP contribution is 2.25. The van der Waals surface area contributed by atoms with Crippen molar-refractivity contribution in [3.8, 4) is 5.75 Å². The quantitative estimate of drug-likeness (QED) is 0.636. The number of hydrogen-bond donors (Lipinski definition) is 4. The van der Waals surface area contributed by atoms with Crippen molar-refractivity contribution < 1.29 is 19.8 Å². The van der Waals surface area contributed by atoms with Gasteiger partial charge in [0.25, 0.3) is 5.91 Å². The molecule has 104 valence electrons. The van der Waals surface area contributed by atoms with Crippen LogP contribution in [0.4, 0.5) is 5.69 Å². The van der Waals surface area contributed by atoms with Gasteiger partial charge in [0.2, 0.25) is 0 Å². The van der Waals surface area contributed by atoms with Gasteiger partial charge in [0, 0.05) is 5.69 Å². The van der Waals surface area contributed by atoms with Crippen LogP contribution in [0.2, 0.25) is 0 Å². The molecule has 0 aliphatic heterocycles. The summed E-state index contributed by atoms with van der Waals surface area (Å²) in [5, 5.41) is 27.6. The van der Waals surface area contributed by atoms with Crippen LogP contribution in [0.3, 0.4) is 0 Å². The number of H-pyrrole nitrogens is 1. The summed E-state index contributed by atoms with van der Waals surface area (Å²) in [5.74, 6) is -1.89. The van der Waals surface area contributed by atoms with Crippen LogP contribution in [0.5, 0.6) is 5.75 Å². The average Bonchev–Trinajstić information content (AvgIpc) is 2.71. The van der Waals surface area contributed by atoms with Crippen molar-refractivity contribution in [1.29, 1.82) is 0 Å². The Labute approximate surface area is 114 Å². The van der Waals surface area contributed by atoms with Crippen molar-refractivity contribution in [3.63, 3.8) is 0 Å². The molecule has 0 fully saturated rings. The highest BCUT2D eigenvalue weighted by atomic mass is 16.4. The van der Waals surface area contributed by atoms with E-state index in [9.17, 15) is 14.7 Å². The van der Waals surface area contributed by atoms with E-state index in [0.29, 0.717) is 17.0 Å². The van der Waals surface area contributed by atoms with E-state index >= 15 is 0 Å². The molecule has 0 bridgehead atoms. The number of phenolic OH excluding ortho intramolecular Hbond substituents is 1. The lowest BCUT2D eigenvalue weighted by molar-refractivity contribution is 0.0696. The second kappa shape index (κ2) is 5.04. The van der Waals surface area contributed by atoms with Gasteiger partial charge in [-0.25, -0.2) is 4.79 Å². The van der Waals surface area contributed by atoms with E-state index in [-0.39, 0.29) is 17.0 Å². The standard InChI is InChI=1S/C13H13N3O4/c1-6-11(7(2)16-15-6)12(18)14-9-4-3-8(13(19)20)5-10(9)17/h3-5,17H,1-2H3,(H,14,18)(H,15,16)(H,19,20). The van der Waals surface area contributed by atoms with E-state index in [1.54, 1.807) is 13.8 Å². The fourth-order valence-corrected chi connectivity index (χ4v) is 1.84. The minimum Gasteiger partial charge on any atom is -0.506 e. The minimum atomic E-state index is -1.15. The second-order valence-corrected chi connectivity index (χ2v) is 4.30. The van der Waals surface area contributed by atoms with Crippen LogP contribution in [0, 0.1) is 13.8 Å². The van der Waals surface area contributed by atoms with Crippen molar-refractivity contribution in [2.45, 2.75) is 13.8 Å². The fourth-order valence-electron chi connectivity index (χ4n) is 1.84. The molecular weight excluding hydrogens is 262 g/mol. The van der Waals surface area contributed by atoms with E-state index in [1.165, 1.54) is 12.1 Å². The number of carbonyl (C=O) groups is 2. The van der Waals surface area contributed by atoms with Crippen LogP contribution >= 0.6 is 0 Å². The number of nitrogens with one attached hydrogen (secondary N) is 2. The van der Waals surface area contributed by atoms with Crippen molar-refractivity contribution in [3.05, 3.63) is 40.7 Å². The van der Waals surface area contributed by atoms with Gasteiger partial charge in [-0.3, -0.25) is 9.89 Å². The van der Waals surface area contributed by atoms with Gasteiger partial charge >= 0.3 is 5.97 Å². The number of aromatic nitrogens is 2. The first-order chi connectivity index (χ1) is 9.40. The molecule has 7 nitrogen and oxygen atoms in total. The SMILES string of the molecule is Cc1n[nH]c(C)c1C(=O)Nc1ccc(C(=O)O)cc1O. The number of amides is 1. The van der Waals surface area contributed by atoms with Gasteiger partial charge in [-0.15, -0.1) is 0 Å². The molecule has 2 aromatic rings. The number of aromatic amines is 1. The normalized spacial score (nSPS) is 10.3. The zero-order valence-electron chi connectivity index (χ0n) is 10.9. The molecule has 7 heteroatoms. The van der Waals surface area contributed by atoms with Crippen molar-refractivity contribution >= 4 is 17.6 Å². The number of carboxylic acid groups (broad SMARTS) is 1. The molecule has 20 heavy (non-hydrogen) atoms. The zero-order valence-corrected chi connectivity index (χ0v) is 10.9. The molecule has 0 atom stereocenters. The Morgan fingerprint density at radius 2 is 2.00 bits per heavy atom. The molecule has 0 spiro atoms. The van der Waals surface area contributed by atoms with Gasteiger partial charge in [-0.05, 0) is 32.0 Å². The minimum absolute atomic E-state index is 0.0591. The Morgan fingerprint density at radius 1 is 1.30 bits per heavy atom. The smallest absolute Gasteiger partial charge is 0.335 e. The number of nitrogens with zero attached hydrogens (tertiary/aromatic N) is 1. The molecule has 1 aromatic heterocycles. The van der Waals surface area contributed by atoms with Gasteiger partial charge in [0.1, 0.15) is 5.75 Å². The summed E-state index contributed by atoms with van der Waals surface area (Å²) in [6.45, 7) is 3.40. The van der Waals surface area contributed by atoms with E-state index in [4.69, 9.17) is 5.11 Å². The van der Waals surface area contributed by atoms with Gasteiger partial charge < -0.3 is 15.5 Å². The van der Waals surface area contributed by atoms with E-state index in [0.717, 1.165) is 6.07 Å². The van der Waals surface area contributed by atoms with E-state index in [2.05, 4.69) is 15.5 Å². The molecule has 0 aliphatic rings. The first-order valence-electron chi connectivity index (χ1n) is 5.79. The molecular formula is C13H13N3O4. The average molecular weight is 275 g/mol. The Bertz CT molecular complexity index is 671. The number of hydrogen-bond acceptors (Lipinski definition) is 4. The number of carbonyl (C=O) groups excluding carboxylic acids is 1. The molecule has 0 saturated carbocycles. The monoisotopic (exact) mass is 275 g/mol. The van der Waals surface area contributed by atoms with Gasteiger partial charge in [0.15, 0.2) is 0 Å². The maximum atomic E-state index is 12.1. The number of anilines is 1. The van der Waals surface area contributed by atoms with Crippen molar-refractivity contribution in [2.24, 2.45) is 0 Å². The third-order valence-electron chi connectivity index (χ3n) is 2.85. The second-order valence-electron chi connectivity index (χ2n) is 4.30. The number of aromatic carboxylic acids is 1. The Morgan fingerprint density at radius 3 is 2.50 bits per heavy atom. The molecule has 0 aliphatic carbocycles. The summed E-state index contributed by atoms with van der Waals surface area (Å²) in [5.41, 5.74) is 1.63. The van der Waals surface area contributed by atoms with Gasteiger partial charge in [-0.2, -0.15) is 5.10 Å². The maximum absolute atomic E-state index is 12.1. The highest BCUT2D eigenvalue weighted by Gasteiger charge is 2.17. The topological polar surface area (TPSA) is 115 Å². The third kappa shape index (κ3) is 2.46. The number of carboxylic acids is 1. The van der Waals surface area contributed by atoms with Gasteiger partial charge in [0.05, 0.1) is 22.5 Å². The third-order valence-corrected chi connectivity index (χ3v) is 2.85. The highest BCUT2D eigenvalue weighted by molar-refractivity contribution is 6.06. The van der Waals surface area contributed by atoms with Gasteiger partial charge in [-0.1, -0.05) is 0 Å². The molecule has 1 aromatic carbocycles. The number of aryl methyl sites for hydroxylation is 2. The lowest BCUT2D eigenvalue weighted by atomic mass is 10.1. The summed E-state index contributed by atoms with van der Waals surface area (Å²) in [7, 11) is 0. The van der Waals surface area contributed by atoms with Crippen LogP contribution in [0.1, 0.15) is 32.1 Å². The molecule has 0 saturated heterocycles. The molecule has 0 radical (unpaired) electrons. The predicted octanol–water partition coefficient (Wildman–Crippen LogP) is 1.68. The molecule has 4 N–H and O–H groups in total. The first kappa shape index (κ1) is 13.6. The number of benzene rings is 1. The summed E-state index contributed by atoms with van der Waals surface area (Å²) in [6.07, 6.45) is 0. The molecule has 2 rings (SSSR count). The zero-order chi connectivity index (χ0) is 14.9. The Balaban J connectivity index is 2.27. The molecule has 1 amide bonds. The Hall–Kier alpha value is -2.83. The van der Waals surface area contributed by atoms with Crippen LogP contribution in [-0.2, 0) is 0 Å². The van der Waals surface area contributed by atoms with Crippen molar-refractivity contribution in [1.82, 2.24) is 10.2 Å². The van der Waals surface area contributed by atoms with Crippen LogP contribution in [0.15, 0.2) is 18.2 Å². The van der Waals surface area contributed by atoms with E-state index < -0.39 is 11.9 Å². The molecule has 1 heterocycles. The summed E-state index contributed by atoms with van der Waals surface area (Å²) >= 11 is 0. The maximum Gasteiger partial charge on any atom is 0.335 e. The first-order valence-corrected chi connectivity index (χ1v) is 5.79. The predicted molar refractivity (Wildman–Crippen MR) is 71.1 cm³/mol. The van der Waals surface area contributed by atoms with Crippen molar-refractivity contribution in [2.75, 3.05) is 5.32 Å². The lowest BCUT2D eigenvalue weighted by Gasteiger charge is -2.08. The number of rotatable bonds is 3. The summed E-state index contributed by atoms with van der Waals surface area (Å²) in [6, 6.07) is 3.71. The van der Waals surface area contributed by atoms with Crippen LogP contribution in [-0.4, -0.2) is 32.3 Å². The summed E-state index contributed by atoms with van der Waals surface area (Å²) < 4.78 is 0. The Kier molecular flexibility index (Phi) is 3.43. The number of aromatic hydroxyl groups is 1. The molecule has 0 unspecified atom stereocenters. The lowest BCUT2D eigenvalue weighted by Crippen LogP contribution is -2.14. The largest absolute Gasteiger partial charge is 0.506 e. The fraction of sp³-hybridized carbons (Fsp3) is 0.154. The van der Waals surface area contributed by atoms with Crippen LogP contribution < -0.4 is 5.32 Å². The summed E-state index contributed by atoms with van der Waals surface area (Å²) in [4.78, 5) is 22.8. The van der Waals surface area contributed by atoms with Crippen LogP contribution in [0.25, 0.3) is 0 Å². The number of phenols is 1.